The number of rotatable bonds is 6. The Morgan fingerprint density at radius 2 is 0.955 bits per heavy atom. The average molecular weight is 881 g/mol. The van der Waals surface area contributed by atoms with E-state index in [1.807, 2.05) is 39.0 Å². The van der Waals surface area contributed by atoms with Gasteiger partial charge in [-0.2, -0.15) is 0 Å². The van der Waals surface area contributed by atoms with Crippen molar-refractivity contribution in [2.75, 3.05) is 16.8 Å². The number of hydrogen-bond donors (Lipinski definition) is 1. The van der Waals surface area contributed by atoms with Crippen LogP contribution < -0.4 is 10.2 Å². The minimum Gasteiger partial charge on any atom is -0.385 e. The quantitative estimate of drug-likeness (QED) is 0.179. The summed E-state index contributed by atoms with van der Waals surface area (Å²) in [6, 6.07) is 74.4. The molecule has 1 unspecified atom stereocenters. The highest BCUT2D eigenvalue weighted by molar-refractivity contribution is 7.25. The molecule has 1 heterocycles. The summed E-state index contributed by atoms with van der Waals surface area (Å²) in [5, 5.41) is 8.56. The molecule has 11 rings (SSSR count). The Bertz CT molecular complexity index is 3080. The Morgan fingerprint density at radius 1 is 0.455 bits per heavy atom. The van der Waals surface area contributed by atoms with Crippen molar-refractivity contribution in [2.24, 2.45) is 0 Å². The van der Waals surface area contributed by atoms with Gasteiger partial charge in [-0.3, -0.25) is 0 Å². The van der Waals surface area contributed by atoms with E-state index in [1.165, 1.54) is 86.8 Å². The number of thiophene rings is 1. The molecular weight excluding hydrogens is 817 g/mol. The second-order valence-corrected chi connectivity index (χ2v) is 17.5. The van der Waals surface area contributed by atoms with Crippen LogP contribution in [0.1, 0.15) is 74.9 Å². The Labute approximate surface area is 398 Å². The molecule has 3 heteroatoms. The first-order valence-electron chi connectivity index (χ1n) is 23.7. The van der Waals surface area contributed by atoms with Gasteiger partial charge in [-0.15, -0.1) is 11.3 Å². The maximum atomic E-state index is 3.23. The number of nitrogens with zero attached hydrogens (tertiary/aromatic N) is 1. The third-order valence-electron chi connectivity index (χ3n) is 12.1. The van der Waals surface area contributed by atoms with E-state index in [0.29, 0.717) is 0 Å². The second kappa shape index (κ2) is 21.8. The van der Waals surface area contributed by atoms with Gasteiger partial charge in [-0.1, -0.05) is 190 Å². The Kier molecular flexibility index (Phi) is 15.6. The molecule has 0 amide bonds. The molecule has 2 nitrogen and oxygen atoms in total. The molecule has 1 N–H and O–H groups in total. The van der Waals surface area contributed by atoms with Crippen molar-refractivity contribution in [3.63, 3.8) is 0 Å². The third kappa shape index (κ3) is 9.69. The van der Waals surface area contributed by atoms with Crippen LogP contribution >= 0.6 is 11.3 Å². The summed E-state index contributed by atoms with van der Waals surface area (Å²) in [6.07, 6.45) is 0. The third-order valence-corrected chi connectivity index (χ3v) is 13.3. The minimum atomic E-state index is -0.268. The van der Waals surface area contributed by atoms with Crippen LogP contribution in [0, 0.1) is 20.8 Å². The van der Waals surface area contributed by atoms with Gasteiger partial charge in [-0.05, 0) is 128 Å². The molecule has 332 valence electrons. The van der Waals surface area contributed by atoms with Crippen LogP contribution in [0.2, 0.25) is 0 Å². The number of nitrogens with one attached hydrogen (secondary N) is 1. The first kappa shape index (κ1) is 47.0. The zero-order valence-electron chi connectivity index (χ0n) is 40.2. The molecule has 0 saturated carbocycles. The van der Waals surface area contributed by atoms with Gasteiger partial charge in [0.15, 0.2) is 0 Å². The fourth-order valence-corrected chi connectivity index (χ4v) is 10.1. The summed E-state index contributed by atoms with van der Waals surface area (Å²) in [5.41, 5.74) is 15.1. The van der Waals surface area contributed by atoms with Crippen molar-refractivity contribution in [3.05, 3.63) is 240 Å². The lowest BCUT2D eigenvalue weighted by molar-refractivity contribution is 0.713. The summed E-state index contributed by atoms with van der Waals surface area (Å²) in [6.45, 7) is 19.9. The van der Waals surface area contributed by atoms with Gasteiger partial charge in [-0.25, -0.2) is 0 Å². The lowest BCUT2D eigenvalue weighted by atomic mass is 9.73. The average Bonchev–Trinajstić information content (AvgIpc) is 3.87. The van der Waals surface area contributed by atoms with Crippen LogP contribution in [0.25, 0.3) is 42.1 Å². The van der Waals surface area contributed by atoms with E-state index in [9.17, 15) is 0 Å². The standard InChI is InChI=1S/C37H29N.C13H10S.C9H13N.2C2H6/c1-26-22-23-32-33(24-26)37(2,27-14-6-3-7-15-27)34-25-35(30-20-12-13-21-31(30)36(32)34)38(28-16-8-4-9-17-28)29-18-10-5-11-19-29;1-9-6-7-13-11(8-9)10-4-2-3-5-12(10)14-13;1-3-10-9-6-4-8(2)5-7-9;2*1-2/h3-25H,1-2H3;2-8H,1H3;4-7,10H,3H2,1-2H3;2*1-2H3. The summed E-state index contributed by atoms with van der Waals surface area (Å²) in [4.78, 5) is 2.41. The predicted molar refractivity (Wildman–Crippen MR) is 293 cm³/mol. The van der Waals surface area contributed by atoms with E-state index in [4.69, 9.17) is 0 Å². The van der Waals surface area contributed by atoms with Crippen molar-refractivity contribution in [1.29, 1.82) is 0 Å². The number of benzene rings is 9. The summed E-state index contributed by atoms with van der Waals surface area (Å²) < 4.78 is 2.77. The van der Waals surface area contributed by atoms with Crippen LogP contribution in [-0.4, -0.2) is 6.54 Å². The largest absolute Gasteiger partial charge is 0.385 e. The van der Waals surface area contributed by atoms with Crippen molar-refractivity contribution >= 4 is 65.0 Å². The van der Waals surface area contributed by atoms with Crippen molar-refractivity contribution in [1.82, 2.24) is 0 Å². The van der Waals surface area contributed by atoms with E-state index in [0.717, 1.165) is 17.9 Å². The van der Waals surface area contributed by atoms with Gasteiger partial charge in [0, 0.05) is 54.6 Å². The van der Waals surface area contributed by atoms with E-state index in [-0.39, 0.29) is 5.41 Å². The predicted octanol–water partition coefficient (Wildman–Crippen LogP) is 18.8. The SMILES string of the molecule is CC.CC.CCNc1ccc(C)cc1.Cc1ccc2c(c1)C(C)(c1ccccc1)c1cc(N(c3ccccc3)c3ccccc3)c3ccccc3c1-2.Cc1ccc2sc3ccccc3c2c1. The Hall–Kier alpha value is -6.94. The fourth-order valence-electron chi connectivity index (χ4n) is 9.04. The molecule has 1 aliphatic carbocycles. The Balaban J connectivity index is 0.000000188. The molecule has 0 fully saturated rings. The molecule has 0 aliphatic heterocycles. The van der Waals surface area contributed by atoms with E-state index in [1.54, 1.807) is 0 Å². The normalized spacial score (nSPS) is 13.0. The second-order valence-electron chi connectivity index (χ2n) is 16.4. The Morgan fingerprint density at radius 3 is 1.58 bits per heavy atom. The van der Waals surface area contributed by atoms with E-state index >= 15 is 0 Å². The summed E-state index contributed by atoms with van der Waals surface area (Å²) in [5.74, 6) is 0. The monoisotopic (exact) mass is 880 g/mol. The van der Waals surface area contributed by atoms with Crippen molar-refractivity contribution < 1.29 is 0 Å². The lowest BCUT2D eigenvalue weighted by Crippen LogP contribution is -2.23. The maximum absolute atomic E-state index is 3.23. The zero-order chi connectivity index (χ0) is 46.6. The van der Waals surface area contributed by atoms with Crippen LogP contribution in [-0.2, 0) is 5.41 Å². The van der Waals surface area contributed by atoms with E-state index < -0.39 is 0 Å². The van der Waals surface area contributed by atoms with Crippen molar-refractivity contribution in [2.45, 2.75) is 67.7 Å². The molecule has 1 aromatic heterocycles. The summed E-state index contributed by atoms with van der Waals surface area (Å²) >= 11 is 1.87. The molecule has 10 aromatic rings. The highest BCUT2D eigenvalue weighted by Crippen LogP contribution is 2.57. The highest BCUT2D eigenvalue weighted by Gasteiger charge is 2.42. The van der Waals surface area contributed by atoms with Crippen LogP contribution in [0.3, 0.4) is 0 Å². The van der Waals surface area contributed by atoms with Gasteiger partial charge in [0.2, 0.25) is 0 Å². The topological polar surface area (TPSA) is 15.3 Å². The highest BCUT2D eigenvalue weighted by atomic mass is 32.1. The van der Waals surface area contributed by atoms with Gasteiger partial charge in [0.05, 0.1) is 5.69 Å². The van der Waals surface area contributed by atoms with Crippen LogP contribution in [0.15, 0.2) is 206 Å². The number of fused-ring (bicyclic) bond motifs is 8. The first-order chi connectivity index (χ1) is 32.3. The molecule has 9 aromatic carbocycles. The van der Waals surface area contributed by atoms with Gasteiger partial charge in [0.25, 0.3) is 0 Å². The van der Waals surface area contributed by atoms with Gasteiger partial charge >= 0.3 is 0 Å². The number of aryl methyl sites for hydroxylation is 3. The molecule has 0 radical (unpaired) electrons. The zero-order valence-corrected chi connectivity index (χ0v) is 41.0. The first-order valence-corrected chi connectivity index (χ1v) is 24.5. The molecule has 66 heavy (non-hydrogen) atoms. The molecular formula is C63H64N2S. The number of para-hydroxylation sites is 2. The van der Waals surface area contributed by atoms with Crippen LogP contribution in [0.4, 0.5) is 22.7 Å². The molecule has 1 aliphatic rings. The lowest BCUT2D eigenvalue weighted by Gasteiger charge is -2.32. The fraction of sp³-hybridized carbons (Fsp3) is 0.175. The number of anilines is 4. The molecule has 0 spiro atoms. The number of hydrogen-bond acceptors (Lipinski definition) is 3. The molecule has 1 atom stereocenters. The van der Waals surface area contributed by atoms with Gasteiger partial charge < -0.3 is 10.2 Å². The summed E-state index contributed by atoms with van der Waals surface area (Å²) in [7, 11) is 0. The van der Waals surface area contributed by atoms with Crippen LogP contribution in [0.5, 0.6) is 0 Å². The smallest absolute Gasteiger partial charge is 0.0543 e. The van der Waals surface area contributed by atoms with Crippen molar-refractivity contribution in [3.8, 4) is 11.1 Å². The molecule has 0 saturated heterocycles. The van der Waals surface area contributed by atoms with Gasteiger partial charge in [0.1, 0.15) is 0 Å². The maximum Gasteiger partial charge on any atom is 0.0543 e. The minimum absolute atomic E-state index is 0.268. The van der Waals surface area contributed by atoms with E-state index in [2.05, 4.69) is 251 Å². The molecule has 0 bridgehead atoms.